The van der Waals surface area contributed by atoms with E-state index in [-0.39, 0.29) is 21.6 Å². The van der Waals surface area contributed by atoms with E-state index >= 15 is 0 Å². The first kappa shape index (κ1) is 15.1. The number of sulfonamides is 1. The van der Waals surface area contributed by atoms with Gasteiger partial charge in [0.2, 0.25) is 0 Å². The zero-order chi connectivity index (χ0) is 15.6. The van der Waals surface area contributed by atoms with Gasteiger partial charge in [-0.3, -0.25) is 9.40 Å². The number of aromatic nitrogens is 2. The molecule has 0 aliphatic heterocycles. The van der Waals surface area contributed by atoms with E-state index in [2.05, 4.69) is 15.0 Å². The van der Waals surface area contributed by atoms with Gasteiger partial charge in [-0.2, -0.15) is 13.5 Å². The van der Waals surface area contributed by atoms with Crippen molar-refractivity contribution in [1.29, 1.82) is 0 Å². The molecule has 0 bridgehead atoms. The first-order chi connectivity index (χ1) is 9.85. The van der Waals surface area contributed by atoms with E-state index in [1.165, 1.54) is 25.4 Å². The van der Waals surface area contributed by atoms with Gasteiger partial charge in [0.25, 0.3) is 10.0 Å². The zero-order valence-electron chi connectivity index (χ0n) is 10.9. The van der Waals surface area contributed by atoms with Crippen molar-refractivity contribution in [3.63, 3.8) is 0 Å². The van der Waals surface area contributed by atoms with Crippen molar-refractivity contribution < 1.29 is 13.6 Å². The fraction of sp³-hybridized carbons (Fsp3) is 0.0909. The summed E-state index contributed by atoms with van der Waals surface area (Å²) in [6.07, 6.45) is 1.24. The third kappa shape index (κ3) is 3.09. The van der Waals surface area contributed by atoms with Gasteiger partial charge in [0.15, 0.2) is 10.9 Å². The van der Waals surface area contributed by atoms with Gasteiger partial charge in [0, 0.05) is 18.3 Å². The van der Waals surface area contributed by atoms with Crippen molar-refractivity contribution in [2.75, 3.05) is 4.72 Å². The lowest BCUT2D eigenvalue weighted by molar-refractivity contribution is 0.318. The van der Waals surface area contributed by atoms with Crippen LogP contribution in [-0.2, 0) is 17.1 Å². The molecule has 0 saturated carbocycles. The third-order valence-corrected chi connectivity index (χ3v) is 4.50. The molecule has 0 radical (unpaired) electrons. The van der Waals surface area contributed by atoms with Crippen LogP contribution < -0.4 is 10.5 Å². The van der Waals surface area contributed by atoms with E-state index in [9.17, 15) is 8.42 Å². The maximum atomic E-state index is 12.3. The summed E-state index contributed by atoms with van der Waals surface area (Å²) < 4.78 is 28.1. The molecule has 0 aliphatic carbocycles. The van der Waals surface area contributed by atoms with E-state index in [1.807, 2.05) is 0 Å². The number of nitrogens with two attached hydrogens (primary N) is 1. The molecule has 0 aliphatic rings. The molecule has 0 atom stereocenters. The summed E-state index contributed by atoms with van der Waals surface area (Å²) in [4.78, 5) is 0. The molecule has 0 fully saturated rings. The number of nitrogens with one attached hydrogen (secondary N) is 1. The van der Waals surface area contributed by atoms with Crippen molar-refractivity contribution in [1.82, 2.24) is 9.78 Å². The predicted molar refractivity (Wildman–Crippen MR) is 78.0 cm³/mol. The second kappa shape index (κ2) is 5.62. The second-order valence-corrected chi connectivity index (χ2v) is 6.10. The van der Waals surface area contributed by atoms with Gasteiger partial charge in [-0.25, -0.2) is 0 Å². The van der Waals surface area contributed by atoms with Gasteiger partial charge in [-0.15, -0.1) is 0 Å². The van der Waals surface area contributed by atoms with Crippen LogP contribution in [0.15, 0.2) is 40.6 Å². The molecule has 112 valence electrons. The first-order valence-electron chi connectivity index (χ1n) is 5.63. The highest BCUT2D eigenvalue weighted by molar-refractivity contribution is 7.92. The van der Waals surface area contributed by atoms with Gasteiger partial charge >= 0.3 is 0 Å². The average Bonchev–Trinajstić information content (AvgIpc) is 2.77. The summed E-state index contributed by atoms with van der Waals surface area (Å²) >= 11 is 5.83. The van der Waals surface area contributed by atoms with Gasteiger partial charge in [0.1, 0.15) is 0 Å². The lowest BCUT2D eigenvalue weighted by Crippen LogP contribution is -2.18. The number of oxime groups is 1. The van der Waals surface area contributed by atoms with E-state index in [1.54, 1.807) is 12.1 Å². The number of hydrogen-bond donors (Lipinski definition) is 3. The standard InChI is InChI=1S/C11H12ClN5O3S/c1-17-11(9(12)6-14-17)21(19,20)16-8-4-2-3-7(5-8)10(13)15-18/h2-6,16,18H,1H3,(H2,13,15). The summed E-state index contributed by atoms with van der Waals surface area (Å²) in [6.45, 7) is 0. The Labute approximate surface area is 125 Å². The van der Waals surface area contributed by atoms with Crippen LogP contribution in [0.25, 0.3) is 0 Å². The molecule has 2 rings (SSSR count). The van der Waals surface area contributed by atoms with Crippen LogP contribution in [0.1, 0.15) is 5.56 Å². The quantitative estimate of drug-likeness (QED) is 0.334. The maximum Gasteiger partial charge on any atom is 0.280 e. The Morgan fingerprint density at radius 2 is 2.24 bits per heavy atom. The Balaban J connectivity index is 2.38. The fourth-order valence-electron chi connectivity index (χ4n) is 1.71. The van der Waals surface area contributed by atoms with Crippen LogP contribution in [0.5, 0.6) is 0 Å². The maximum absolute atomic E-state index is 12.3. The minimum Gasteiger partial charge on any atom is -0.409 e. The smallest absolute Gasteiger partial charge is 0.280 e. The van der Waals surface area contributed by atoms with E-state index < -0.39 is 10.0 Å². The van der Waals surface area contributed by atoms with Crippen molar-refractivity contribution >= 4 is 33.1 Å². The summed E-state index contributed by atoms with van der Waals surface area (Å²) in [7, 11) is -2.44. The molecule has 2 aromatic rings. The number of aryl methyl sites for hydroxylation is 1. The monoisotopic (exact) mass is 329 g/mol. The highest BCUT2D eigenvalue weighted by Gasteiger charge is 2.22. The van der Waals surface area contributed by atoms with Crippen LogP contribution in [-0.4, -0.2) is 29.2 Å². The summed E-state index contributed by atoms with van der Waals surface area (Å²) in [5, 5.41) is 15.1. The lowest BCUT2D eigenvalue weighted by Gasteiger charge is -2.09. The minimum absolute atomic E-state index is 0.0117. The number of nitrogens with zero attached hydrogens (tertiary/aromatic N) is 3. The molecule has 0 spiro atoms. The summed E-state index contributed by atoms with van der Waals surface area (Å²) in [5.41, 5.74) is 6.07. The van der Waals surface area contributed by atoms with Gasteiger partial charge in [-0.1, -0.05) is 28.9 Å². The predicted octanol–water partition coefficient (Wildman–Crippen LogP) is 0.969. The lowest BCUT2D eigenvalue weighted by atomic mass is 10.2. The number of rotatable bonds is 4. The minimum atomic E-state index is -3.91. The molecule has 10 heteroatoms. The molecular weight excluding hydrogens is 318 g/mol. The van der Waals surface area contributed by atoms with Gasteiger partial charge in [-0.05, 0) is 12.1 Å². The van der Waals surface area contributed by atoms with Crippen LogP contribution in [0, 0.1) is 0 Å². The van der Waals surface area contributed by atoms with Crippen LogP contribution in [0.3, 0.4) is 0 Å². The van der Waals surface area contributed by atoms with Gasteiger partial charge in [0.05, 0.1) is 11.2 Å². The molecule has 1 aromatic heterocycles. The number of hydrogen-bond acceptors (Lipinski definition) is 5. The van der Waals surface area contributed by atoms with E-state index in [4.69, 9.17) is 22.5 Å². The van der Waals surface area contributed by atoms with Crippen molar-refractivity contribution in [2.24, 2.45) is 17.9 Å². The Hall–Kier alpha value is -2.26. The molecule has 0 amide bonds. The summed E-state index contributed by atoms with van der Waals surface area (Å²) in [6, 6.07) is 6.09. The number of halogens is 1. The Morgan fingerprint density at radius 1 is 1.52 bits per heavy atom. The molecule has 0 saturated heterocycles. The highest BCUT2D eigenvalue weighted by atomic mass is 35.5. The molecule has 4 N–H and O–H groups in total. The second-order valence-electron chi connectivity index (χ2n) is 4.09. The number of amidine groups is 1. The first-order valence-corrected chi connectivity index (χ1v) is 7.49. The number of benzene rings is 1. The highest BCUT2D eigenvalue weighted by Crippen LogP contribution is 2.23. The normalized spacial score (nSPS) is 12.4. The van der Waals surface area contributed by atoms with Gasteiger partial charge < -0.3 is 10.9 Å². The SMILES string of the molecule is Cn1ncc(Cl)c1S(=O)(=O)Nc1cccc(/C(N)=N/O)c1. The van der Waals surface area contributed by atoms with Crippen molar-refractivity contribution in [3.05, 3.63) is 41.0 Å². The molecule has 1 heterocycles. The molecule has 1 aromatic carbocycles. The van der Waals surface area contributed by atoms with Crippen LogP contribution in [0.4, 0.5) is 5.69 Å². The largest absolute Gasteiger partial charge is 0.409 e. The number of anilines is 1. The Morgan fingerprint density at radius 3 is 2.81 bits per heavy atom. The zero-order valence-corrected chi connectivity index (χ0v) is 12.4. The molecule has 0 unspecified atom stereocenters. The molecule has 8 nitrogen and oxygen atoms in total. The van der Waals surface area contributed by atoms with Crippen molar-refractivity contribution in [2.45, 2.75) is 5.03 Å². The van der Waals surface area contributed by atoms with Crippen LogP contribution in [0.2, 0.25) is 5.02 Å². The third-order valence-electron chi connectivity index (χ3n) is 2.62. The Kier molecular flexibility index (Phi) is 4.05. The summed E-state index contributed by atoms with van der Waals surface area (Å²) in [5.74, 6) is -0.130. The topological polar surface area (TPSA) is 123 Å². The van der Waals surface area contributed by atoms with Crippen LogP contribution >= 0.6 is 11.6 Å². The molecular formula is C11H12ClN5O3S. The fourth-order valence-corrected chi connectivity index (χ4v) is 3.41. The van der Waals surface area contributed by atoms with E-state index in [0.29, 0.717) is 5.56 Å². The Bertz CT molecular complexity index is 780. The van der Waals surface area contributed by atoms with Crippen molar-refractivity contribution in [3.8, 4) is 0 Å². The molecule has 21 heavy (non-hydrogen) atoms. The average molecular weight is 330 g/mol. The van der Waals surface area contributed by atoms with E-state index in [0.717, 1.165) is 4.68 Å².